The van der Waals surface area contributed by atoms with Crippen molar-refractivity contribution in [2.75, 3.05) is 32.7 Å². The Morgan fingerprint density at radius 3 is 2.39 bits per heavy atom. The van der Waals surface area contributed by atoms with Gasteiger partial charge in [0.1, 0.15) is 6.33 Å². The van der Waals surface area contributed by atoms with E-state index in [1.165, 1.54) is 95.5 Å². The van der Waals surface area contributed by atoms with E-state index in [1.807, 2.05) is 4.52 Å². The third-order valence-electron chi connectivity index (χ3n) is 9.73. The molecule has 4 heterocycles. The maximum absolute atomic E-state index is 4.51. The fraction of sp³-hybridized carbons (Fsp3) is 0.556. The third-order valence-corrected chi connectivity index (χ3v) is 9.73. The van der Waals surface area contributed by atoms with Crippen molar-refractivity contribution in [2.45, 2.75) is 92.4 Å². The van der Waals surface area contributed by atoms with Gasteiger partial charge in [0.05, 0.1) is 0 Å². The van der Waals surface area contributed by atoms with Gasteiger partial charge in [-0.25, -0.2) is 9.50 Å². The zero-order chi connectivity index (χ0) is 29.1. The second-order valence-electron chi connectivity index (χ2n) is 12.8. The van der Waals surface area contributed by atoms with Crippen LogP contribution in [0.25, 0.3) is 16.8 Å². The highest BCUT2D eigenvalue weighted by molar-refractivity contribution is 5.93. The molecule has 0 amide bonds. The summed E-state index contributed by atoms with van der Waals surface area (Å²) in [7, 11) is 0. The maximum atomic E-state index is 4.51. The predicted octanol–water partition coefficient (Wildman–Crippen LogP) is 8.20. The van der Waals surface area contributed by atoms with Crippen molar-refractivity contribution in [3.05, 3.63) is 76.4 Å². The molecule has 0 saturated carbocycles. The third kappa shape index (κ3) is 6.30. The minimum absolute atomic E-state index is 0.414. The number of hydrogen-bond acceptors (Lipinski definition) is 4. The molecule has 2 aliphatic heterocycles. The highest BCUT2D eigenvalue weighted by Crippen LogP contribution is 2.40. The van der Waals surface area contributed by atoms with Crippen LogP contribution in [-0.4, -0.2) is 57.1 Å². The van der Waals surface area contributed by atoms with Crippen molar-refractivity contribution < 1.29 is 0 Å². The van der Waals surface area contributed by atoms with Gasteiger partial charge in [0.15, 0.2) is 5.65 Å². The molecule has 0 aliphatic carbocycles. The Hall–Kier alpha value is -2.92. The molecule has 2 fully saturated rings. The summed E-state index contributed by atoms with van der Waals surface area (Å²) in [6, 6.07) is 7.31. The van der Waals surface area contributed by atoms with E-state index in [-0.39, 0.29) is 0 Å². The Morgan fingerprint density at radius 2 is 1.71 bits per heavy atom. The van der Waals surface area contributed by atoms with E-state index in [0.717, 1.165) is 38.0 Å². The molecule has 0 N–H and O–H groups in total. The van der Waals surface area contributed by atoms with E-state index < -0.39 is 0 Å². The number of aromatic nitrogens is 3. The monoisotopic (exact) mass is 553 g/mol. The Labute approximate surface area is 248 Å². The van der Waals surface area contributed by atoms with Gasteiger partial charge in [-0.15, -0.1) is 0 Å². The number of allylic oxidation sites excluding steroid dienone is 2. The fourth-order valence-corrected chi connectivity index (χ4v) is 7.16. The first kappa shape index (κ1) is 29.6. The van der Waals surface area contributed by atoms with Crippen molar-refractivity contribution >= 4 is 16.8 Å². The molecule has 2 saturated heterocycles. The molecular weight excluding hydrogens is 502 g/mol. The molecular formula is C36H51N5. The highest BCUT2D eigenvalue weighted by Gasteiger charge is 2.25. The average molecular weight is 554 g/mol. The lowest BCUT2D eigenvalue weighted by atomic mass is 9.80. The van der Waals surface area contributed by atoms with Gasteiger partial charge < -0.3 is 9.80 Å². The summed E-state index contributed by atoms with van der Waals surface area (Å²) in [5.41, 5.74) is 13.4. The number of aryl methyl sites for hydroxylation is 2. The molecule has 0 unspecified atom stereocenters. The Balaban J connectivity index is 1.42. The summed E-state index contributed by atoms with van der Waals surface area (Å²) in [6.45, 7) is 24.2. The zero-order valence-corrected chi connectivity index (χ0v) is 26.5. The van der Waals surface area contributed by atoms with Crippen LogP contribution in [0.4, 0.5) is 0 Å². The lowest BCUT2D eigenvalue weighted by molar-refractivity contribution is 0.245. The number of likely N-dealkylation sites (tertiary alicyclic amines) is 2. The molecule has 0 spiro atoms. The summed E-state index contributed by atoms with van der Waals surface area (Å²) in [5, 5.41) is 4.51. The summed E-state index contributed by atoms with van der Waals surface area (Å²) < 4.78 is 1.96. The molecule has 1 aromatic carbocycles. The number of piperidine rings is 1. The first-order valence-electron chi connectivity index (χ1n) is 16.1. The summed E-state index contributed by atoms with van der Waals surface area (Å²) in [4.78, 5) is 9.67. The molecule has 3 aromatic rings. The van der Waals surface area contributed by atoms with Gasteiger partial charge in [0, 0.05) is 31.5 Å². The first-order valence-corrected chi connectivity index (χ1v) is 16.1. The number of hydrogen-bond donors (Lipinski definition) is 0. The molecule has 2 aromatic heterocycles. The number of nitrogens with zero attached hydrogens (tertiary/aromatic N) is 5. The Bertz CT molecular complexity index is 1400. The van der Waals surface area contributed by atoms with Gasteiger partial charge in [0.2, 0.25) is 0 Å². The first-order chi connectivity index (χ1) is 19.8. The van der Waals surface area contributed by atoms with Crippen LogP contribution in [0.3, 0.4) is 0 Å². The summed E-state index contributed by atoms with van der Waals surface area (Å²) in [5.74, 6) is 1.02. The summed E-state index contributed by atoms with van der Waals surface area (Å²) >= 11 is 0. The number of fused-ring (bicyclic) bond motifs is 1. The maximum Gasteiger partial charge on any atom is 0.158 e. The predicted molar refractivity (Wildman–Crippen MR) is 173 cm³/mol. The standard InChI is InChI=1S/C36H51N5/c1-8-11-32(34-23-41-36(37-24-38-41)29(7)28(34)6)35(25(2)3)33-22-31(13-12-26(33)4)30-15-20-40(21-16-30)27(5)14-19-39-17-9-10-18-39/h12-13,22-25,30H,5,8-11,14-21H2,1-4,6-7H3/b35-32+. The number of pyridine rings is 1. The molecule has 2 aliphatic rings. The van der Waals surface area contributed by atoms with E-state index in [4.69, 9.17) is 0 Å². The van der Waals surface area contributed by atoms with Crippen LogP contribution in [-0.2, 0) is 0 Å². The van der Waals surface area contributed by atoms with Crippen LogP contribution in [0, 0.1) is 26.7 Å². The van der Waals surface area contributed by atoms with Crippen LogP contribution in [0.5, 0.6) is 0 Å². The van der Waals surface area contributed by atoms with E-state index >= 15 is 0 Å². The van der Waals surface area contributed by atoms with Gasteiger partial charge in [-0.05, 0) is 129 Å². The lowest BCUT2D eigenvalue weighted by Crippen LogP contribution is -2.33. The largest absolute Gasteiger partial charge is 0.375 e. The average Bonchev–Trinajstić information content (AvgIpc) is 3.67. The molecule has 41 heavy (non-hydrogen) atoms. The Morgan fingerprint density at radius 1 is 0.976 bits per heavy atom. The molecule has 220 valence electrons. The fourth-order valence-electron chi connectivity index (χ4n) is 7.16. The van der Waals surface area contributed by atoms with Crippen molar-refractivity contribution in [1.82, 2.24) is 24.4 Å². The second-order valence-corrected chi connectivity index (χ2v) is 12.8. The van der Waals surface area contributed by atoms with Gasteiger partial charge in [-0.1, -0.05) is 52.0 Å². The quantitative estimate of drug-likeness (QED) is 0.254. The topological polar surface area (TPSA) is 36.7 Å². The zero-order valence-electron chi connectivity index (χ0n) is 26.5. The van der Waals surface area contributed by atoms with Crippen molar-refractivity contribution in [3.63, 3.8) is 0 Å². The van der Waals surface area contributed by atoms with Crippen LogP contribution < -0.4 is 0 Å². The molecule has 0 atom stereocenters. The summed E-state index contributed by atoms with van der Waals surface area (Å²) in [6.07, 6.45) is 12.3. The molecule has 5 nitrogen and oxygen atoms in total. The van der Waals surface area contributed by atoms with Gasteiger partial charge in [-0.3, -0.25) is 0 Å². The molecule has 5 rings (SSSR count). The van der Waals surface area contributed by atoms with E-state index in [0.29, 0.717) is 11.8 Å². The van der Waals surface area contributed by atoms with Crippen molar-refractivity contribution in [3.8, 4) is 0 Å². The molecule has 5 heteroatoms. The minimum atomic E-state index is 0.414. The van der Waals surface area contributed by atoms with Crippen LogP contribution >= 0.6 is 0 Å². The van der Waals surface area contributed by atoms with E-state index in [2.05, 4.69) is 92.4 Å². The normalized spacial score (nSPS) is 17.6. The van der Waals surface area contributed by atoms with Crippen molar-refractivity contribution in [1.29, 1.82) is 0 Å². The van der Waals surface area contributed by atoms with E-state index in [9.17, 15) is 0 Å². The molecule has 0 radical (unpaired) electrons. The second kappa shape index (κ2) is 12.9. The number of benzene rings is 1. The lowest BCUT2D eigenvalue weighted by Gasteiger charge is -2.36. The minimum Gasteiger partial charge on any atom is -0.375 e. The van der Waals surface area contributed by atoms with Gasteiger partial charge >= 0.3 is 0 Å². The number of rotatable bonds is 10. The smallest absolute Gasteiger partial charge is 0.158 e. The SMILES string of the molecule is C=C(CCN1CCCC1)N1CCC(c2ccc(C)c(/C(=C(\CCC)c3cn4ncnc4c(C)c3C)C(C)C)c2)CC1. The van der Waals surface area contributed by atoms with Gasteiger partial charge in [0.25, 0.3) is 0 Å². The van der Waals surface area contributed by atoms with Gasteiger partial charge in [-0.2, -0.15) is 5.10 Å². The van der Waals surface area contributed by atoms with Crippen LogP contribution in [0.2, 0.25) is 0 Å². The van der Waals surface area contributed by atoms with E-state index in [1.54, 1.807) is 6.33 Å². The van der Waals surface area contributed by atoms with Crippen molar-refractivity contribution in [2.24, 2.45) is 5.92 Å². The van der Waals surface area contributed by atoms with Crippen LogP contribution in [0.1, 0.15) is 105 Å². The highest BCUT2D eigenvalue weighted by atomic mass is 15.3. The Kier molecular flexibility index (Phi) is 9.33. The van der Waals surface area contributed by atoms with Crippen LogP contribution in [0.15, 0.2) is 43.0 Å². The molecule has 0 bridgehead atoms.